The Balaban J connectivity index is 4.03. The van der Waals surface area contributed by atoms with Gasteiger partial charge in [-0.3, -0.25) is 5.11 Å². The molecule has 8 heavy (non-hydrogen) atoms. The smallest absolute Gasteiger partial charge is 0.229 e. The molecule has 0 amide bonds. The number of alkyl halides is 3. The van der Waals surface area contributed by atoms with Gasteiger partial charge >= 0.3 is 0 Å². The van der Waals surface area contributed by atoms with Crippen molar-refractivity contribution in [2.45, 2.75) is 3.79 Å². The van der Waals surface area contributed by atoms with E-state index in [1.165, 1.54) is 0 Å². The van der Waals surface area contributed by atoms with Crippen LogP contribution in [-0.4, -0.2) is 3.79 Å². The molecule has 0 aromatic carbocycles. The first-order chi connectivity index (χ1) is 3.48. The van der Waals surface area contributed by atoms with Crippen molar-refractivity contribution >= 4 is 46.4 Å². The fourth-order valence-corrected chi connectivity index (χ4v) is 0.200. The number of allylic oxidation sites excluding steroid dienone is 1. The van der Waals surface area contributed by atoms with Crippen molar-refractivity contribution < 1.29 is 5.11 Å². The van der Waals surface area contributed by atoms with Gasteiger partial charge < -0.3 is 0 Å². The highest BCUT2D eigenvalue weighted by Gasteiger charge is 2.24. The SMILES string of the molecule is [O]C=C(Cl)C(Cl)(Cl)Cl. The molecule has 0 saturated heterocycles. The zero-order valence-corrected chi connectivity index (χ0v) is 6.52. The zero-order chi connectivity index (χ0) is 6.78. The third-order valence-corrected chi connectivity index (χ3v) is 1.65. The molecule has 5 heteroatoms. The third-order valence-electron chi connectivity index (χ3n) is 0.374. The first kappa shape index (κ1) is 8.70. The highest BCUT2D eigenvalue weighted by molar-refractivity contribution is 6.72. The lowest BCUT2D eigenvalue weighted by Gasteiger charge is -2.04. The average molecular weight is 195 g/mol. The summed E-state index contributed by atoms with van der Waals surface area (Å²) in [5.74, 6) is 0. The quantitative estimate of drug-likeness (QED) is 0.418. The van der Waals surface area contributed by atoms with Crippen molar-refractivity contribution in [1.29, 1.82) is 0 Å². The molecule has 0 N–H and O–H groups in total. The Kier molecular flexibility index (Phi) is 3.28. The molecule has 0 aliphatic rings. The van der Waals surface area contributed by atoms with Crippen molar-refractivity contribution in [3.63, 3.8) is 0 Å². The highest BCUT2D eigenvalue weighted by Crippen LogP contribution is 2.36. The lowest BCUT2D eigenvalue weighted by Crippen LogP contribution is -2.00. The lowest BCUT2D eigenvalue weighted by molar-refractivity contribution is 0.349. The van der Waals surface area contributed by atoms with Crippen LogP contribution in [-0.2, 0) is 5.11 Å². The van der Waals surface area contributed by atoms with Crippen molar-refractivity contribution in [3.8, 4) is 0 Å². The van der Waals surface area contributed by atoms with Gasteiger partial charge in [-0.15, -0.1) is 0 Å². The largest absolute Gasteiger partial charge is 0.297 e. The highest BCUT2D eigenvalue weighted by atomic mass is 35.6. The second-order valence-corrected chi connectivity index (χ2v) is 3.65. The maximum atomic E-state index is 9.73. The van der Waals surface area contributed by atoms with Crippen LogP contribution in [0.5, 0.6) is 0 Å². The molecule has 47 valence electrons. The molecule has 0 aromatic heterocycles. The Morgan fingerprint density at radius 2 is 1.75 bits per heavy atom. The van der Waals surface area contributed by atoms with E-state index in [2.05, 4.69) is 0 Å². The van der Waals surface area contributed by atoms with Crippen LogP contribution in [0.3, 0.4) is 0 Å². The number of hydrogen-bond donors (Lipinski definition) is 0. The summed E-state index contributed by atoms with van der Waals surface area (Å²) in [5.41, 5.74) is 0. The van der Waals surface area contributed by atoms with Gasteiger partial charge in [0, 0.05) is 0 Å². The summed E-state index contributed by atoms with van der Waals surface area (Å²) >= 11 is 20.4. The van der Waals surface area contributed by atoms with E-state index < -0.39 is 3.79 Å². The van der Waals surface area contributed by atoms with Crippen LogP contribution in [0.25, 0.3) is 0 Å². The first-order valence-corrected chi connectivity index (χ1v) is 3.04. The van der Waals surface area contributed by atoms with Crippen molar-refractivity contribution in [2.75, 3.05) is 0 Å². The summed E-state index contributed by atoms with van der Waals surface area (Å²) < 4.78 is -1.76. The van der Waals surface area contributed by atoms with Crippen molar-refractivity contribution in [1.82, 2.24) is 0 Å². The molecular formula is C3HCl4O. The van der Waals surface area contributed by atoms with Crippen LogP contribution in [0.1, 0.15) is 0 Å². The van der Waals surface area contributed by atoms with Crippen LogP contribution >= 0.6 is 46.4 Å². The molecule has 1 radical (unpaired) electrons. The van der Waals surface area contributed by atoms with E-state index in [-0.39, 0.29) is 11.3 Å². The fraction of sp³-hybridized carbons (Fsp3) is 0.333. The maximum Gasteiger partial charge on any atom is 0.229 e. The van der Waals surface area contributed by atoms with Gasteiger partial charge in [0.2, 0.25) is 3.79 Å². The predicted octanol–water partition coefficient (Wildman–Crippen LogP) is 2.87. The normalized spacial score (nSPS) is 14.2. The molecule has 0 heterocycles. The molecular weight excluding hydrogens is 194 g/mol. The summed E-state index contributed by atoms with van der Waals surface area (Å²) in [4.78, 5) is 0. The van der Waals surface area contributed by atoms with Gasteiger partial charge in [-0.25, -0.2) is 0 Å². The number of rotatable bonds is 0. The van der Waals surface area contributed by atoms with Gasteiger partial charge in [0.05, 0.1) is 0 Å². The maximum absolute atomic E-state index is 9.73. The molecule has 0 spiro atoms. The summed E-state index contributed by atoms with van der Waals surface area (Å²) in [6.07, 6.45) is 0.286. The summed E-state index contributed by atoms with van der Waals surface area (Å²) in [7, 11) is 0. The molecule has 0 fully saturated rings. The Labute approximate surface area is 66.8 Å². The van der Waals surface area contributed by atoms with Crippen molar-refractivity contribution in [3.05, 3.63) is 11.3 Å². The van der Waals surface area contributed by atoms with E-state index >= 15 is 0 Å². The summed E-state index contributed by atoms with van der Waals surface area (Å²) in [6, 6.07) is 0. The van der Waals surface area contributed by atoms with Gasteiger partial charge in [0.25, 0.3) is 0 Å². The third kappa shape index (κ3) is 2.88. The topological polar surface area (TPSA) is 19.9 Å². The van der Waals surface area contributed by atoms with Gasteiger partial charge in [-0.1, -0.05) is 46.4 Å². The van der Waals surface area contributed by atoms with Gasteiger partial charge in [-0.2, -0.15) is 0 Å². The second-order valence-electron chi connectivity index (χ2n) is 0.964. The average Bonchev–Trinajstić information content (AvgIpc) is 1.62. The zero-order valence-electron chi connectivity index (χ0n) is 3.50. The van der Waals surface area contributed by atoms with Crippen LogP contribution in [0.15, 0.2) is 11.3 Å². The minimum absolute atomic E-state index is 0.286. The molecule has 0 rings (SSSR count). The van der Waals surface area contributed by atoms with E-state index in [1.54, 1.807) is 0 Å². The summed E-state index contributed by atoms with van der Waals surface area (Å²) in [6.45, 7) is 0. The Morgan fingerprint density at radius 1 is 1.38 bits per heavy atom. The summed E-state index contributed by atoms with van der Waals surface area (Å²) in [5, 5.41) is 9.40. The van der Waals surface area contributed by atoms with Crippen LogP contribution in [0.2, 0.25) is 0 Å². The monoisotopic (exact) mass is 193 g/mol. The van der Waals surface area contributed by atoms with Gasteiger partial charge in [0.1, 0.15) is 5.03 Å². The van der Waals surface area contributed by atoms with E-state index in [4.69, 9.17) is 46.4 Å². The molecule has 0 saturated carbocycles. The van der Waals surface area contributed by atoms with E-state index in [0.29, 0.717) is 0 Å². The molecule has 0 bridgehead atoms. The van der Waals surface area contributed by atoms with Crippen LogP contribution in [0, 0.1) is 0 Å². The molecule has 0 aromatic rings. The first-order valence-electron chi connectivity index (χ1n) is 1.53. The Morgan fingerprint density at radius 3 is 1.75 bits per heavy atom. The molecule has 0 unspecified atom stereocenters. The molecule has 0 aliphatic carbocycles. The Hall–Kier alpha value is 0.700. The fourth-order valence-electron chi connectivity index (χ4n) is 0.0668. The van der Waals surface area contributed by atoms with E-state index in [1.807, 2.05) is 0 Å². The van der Waals surface area contributed by atoms with Crippen LogP contribution < -0.4 is 0 Å². The Bertz CT molecular complexity index is 102. The molecule has 0 aliphatic heterocycles. The van der Waals surface area contributed by atoms with E-state index in [9.17, 15) is 5.11 Å². The van der Waals surface area contributed by atoms with E-state index in [0.717, 1.165) is 0 Å². The minimum Gasteiger partial charge on any atom is -0.297 e. The van der Waals surface area contributed by atoms with Gasteiger partial charge in [-0.05, 0) is 0 Å². The van der Waals surface area contributed by atoms with Crippen molar-refractivity contribution in [2.24, 2.45) is 0 Å². The molecule has 0 atom stereocenters. The predicted molar refractivity (Wildman–Crippen MR) is 34.9 cm³/mol. The lowest BCUT2D eigenvalue weighted by atomic mass is 10.7. The second kappa shape index (κ2) is 3.02. The standard InChI is InChI=1S/C3HCl4O/c4-2(1-8)3(5,6)7/h1H. The van der Waals surface area contributed by atoms with Gasteiger partial charge in [0.15, 0.2) is 6.26 Å². The number of hydrogen-bond acceptors (Lipinski definition) is 0. The van der Waals surface area contributed by atoms with Crippen LogP contribution in [0.4, 0.5) is 0 Å². The molecule has 1 nitrogen and oxygen atoms in total. The minimum atomic E-state index is -1.76. The number of halogens is 4.